The van der Waals surface area contributed by atoms with Gasteiger partial charge in [0.15, 0.2) is 0 Å². The van der Waals surface area contributed by atoms with Crippen molar-refractivity contribution in [3.05, 3.63) is 18.6 Å². The number of rotatable bonds is 6. The quantitative estimate of drug-likeness (QED) is 0.635. The maximum absolute atomic E-state index is 13.2. The highest BCUT2D eigenvalue weighted by molar-refractivity contribution is 7.89. The number of nitrogens with one attached hydrogen (secondary N) is 1. The maximum Gasteiger partial charge on any atom is 0.408 e. The van der Waals surface area contributed by atoms with Gasteiger partial charge >= 0.3 is 6.09 Å². The molecule has 1 saturated carbocycles. The molecule has 0 aromatic carbocycles. The minimum atomic E-state index is -3.43. The zero-order valence-corrected chi connectivity index (χ0v) is 21.3. The molecular formula is C23H36N6O4S. The van der Waals surface area contributed by atoms with Crippen molar-refractivity contribution in [3.63, 3.8) is 0 Å². The molecule has 2 N–H and O–H groups in total. The molecule has 2 aromatic heterocycles. The minimum absolute atomic E-state index is 0.115. The van der Waals surface area contributed by atoms with Crippen LogP contribution in [0.1, 0.15) is 52.9 Å². The van der Waals surface area contributed by atoms with Gasteiger partial charge in [-0.3, -0.25) is 4.90 Å². The highest BCUT2D eigenvalue weighted by Crippen LogP contribution is 2.33. The number of fused-ring (bicyclic) bond motifs is 1. The number of anilines is 1. The Bertz CT molecular complexity index is 1120. The van der Waals surface area contributed by atoms with Crippen LogP contribution in [-0.4, -0.2) is 87.3 Å². The lowest BCUT2D eigenvalue weighted by Gasteiger charge is -2.38. The Kier molecular flexibility index (Phi) is 6.78. The van der Waals surface area contributed by atoms with E-state index < -0.39 is 21.7 Å². The second-order valence-corrected chi connectivity index (χ2v) is 12.6. The van der Waals surface area contributed by atoms with Crippen molar-refractivity contribution < 1.29 is 18.3 Å². The predicted molar refractivity (Wildman–Crippen MR) is 131 cm³/mol. The Morgan fingerprint density at radius 1 is 1.18 bits per heavy atom. The fraction of sp³-hybridized carbons (Fsp3) is 0.696. The smallest absolute Gasteiger partial charge is 0.408 e. The molecule has 2 aromatic rings. The van der Waals surface area contributed by atoms with Crippen molar-refractivity contribution in [2.45, 2.75) is 70.5 Å². The lowest BCUT2D eigenvalue weighted by molar-refractivity contribution is 0.0742. The zero-order chi connectivity index (χ0) is 24.7. The molecule has 1 amide bonds. The summed E-state index contributed by atoms with van der Waals surface area (Å²) in [5.41, 5.74) is 0.240. The number of sulfonamides is 1. The van der Waals surface area contributed by atoms with E-state index in [9.17, 15) is 18.3 Å². The number of hydrogen-bond acceptors (Lipinski definition) is 6. The molecule has 0 radical (unpaired) electrons. The standard InChI is InChI=1S/C23H36N6O4S/c1-23(2,3)29(22(30)31)18-10-12-28(13-18)34(32,33)14-16-5-7-17(8-6-16)27(4)21-19-9-11-24-20(19)25-15-26-21/h9,11,15-18H,5-8,10,12-14H2,1-4H3,(H,30,31)(H,24,25,26)/t16?,17?,18-/m0/s1. The predicted octanol–water partition coefficient (Wildman–Crippen LogP) is 3.14. The molecule has 2 fully saturated rings. The van der Waals surface area contributed by atoms with Crippen LogP contribution < -0.4 is 4.90 Å². The van der Waals surface area contributed by atoms with Crippen LogP contribution in [0.25, 0.3) is 11.0 Å². The Hall–Kier alpha value is -2.40. The molecule has 0 unspecified atom stereocenters. The average molecular weight is 493 g/mol. The van der Waals surface area contributed by atoms with Gasteiger partial charge < -0.3 is 15.0 Å². The van der Waals surface area contributed by atoms with Gasteiger partial charge in [0.1, 0.15) is 17.8 Å². The van der Waals surface area contributed by atoms with Crippen molar-refractivity contribution in [1.82, 2.24) is 24.2 Å². The van der Waals surface area contributed by atoms with E-state index in [-0.39, 0.29) is 24.3 Å². The largest absolute Gasteiger partial charge is 0.465 e. The minimum Gasteiger partial charge on any atom is -0.465 e. The van der Waals surface area contributed by atoms with E-state index in [0.717, 1.165) is 42.5 Å². The third-order valence-electron chi connectivity index (χ3n) is 7.29. The van der Waals surface area contributed by atoms with Gasteiger partial charge in [-0.2, -0.15) is 4.31 Å². The average Bonchev–Trinajstić information content (AvgIpc) is 3.42. The van der Waals surface area contributed by atoms with Crippen LogP contribution in [-0.2, 0) is 10.0 Å². The molecule has 1 aliphatic heterocycles. The summed E-state index contributed by atoms with van der Waals surface area (Å²) >= 11 is 0. The van der Waals surface area contributed by atoms with Crippen LogP contribution in [0, 0.1) is 5.92 Å². The summed E-state index contributed by atoms with van der Waals surface area (Å²) in [5.74, 6) is 1.14. The number of nitrogens with zero attached hydrogens (tertiary/aromatic N) is 5. The molecule has 3 heterocycles. The van der Waals surface area contributed by atoms with Crippen molar-refractivity contribution in [3.8, 4) is 0 Å². The molecular weight excluding hydrogens is 456 g/mol. The van der Waals surface area contributed by atoms with Crippen LogP contribution in [0.2, 0.25) is 0 Å². The number of H-pyrrole nitrogens is 1. The topological polar surface area (TPSA) is 123 Å². The lowest BCUT2D eigenvalue weighted by Crippen LogP contribution is -2.52. The summed E-state index contributed by atoms with van der Waals surface area (Å²) in [6, 6.07) is 1.97. The van der Waals surface area contributed by atoms with Crippen LogP contribution in [0.15, 0.2) is 18.6 Å². The molecule has 4 rings (SSSR count). The highest BCUT2D eigenvalue weighted by Gasteiger charge is 2.41. The van der Waals surface area contributed by atoms with Gasteiger partial charge in [0, 0.05) is 37.9 Å². The molecule has 34 heavy (non-hydrogen) atoms. The maximum atomic E-state index is 13.2. The Morgan fingerprint density at radius 3 is 2.53 bits per heavy atom. The molecule has 10 nitrogen and oxygen atoms in total. The number of hydrogen-bond donors (Lipinski definition) is 2. The molecule has 1 aliphatic carbocycles. The highest BCUT2D eigenvalue weighted by atomic mass is 32.2. The monoisotopic (exact) mass is 492 g/mol. The summed E-state index contributed by atoms with van der Waals surface area (Å²) in [6.45, 7) is 6.15. The summed E-state index contributed by atoms with van der Waals surface area (Å²) in [4.78, 5) is 27.2. The summed E-state index contributed by atoms with van der Waals surface area (Å²) in [7, 11) is -1.39. The van der Waals surface area contributed by atoms with E-state index in [2.05, 4.69) is 19.9 Å². The van der Waals surface area contributed by atoms with Crippen LogP contribution in [0.5, 0.6) is 0 Å². The number of aromatic nitrogens is 3. The summed E-state index contributed by atoms with van der Waals surface area (Å²) in [6.07, 6.45) is 6.47. The number of aromatic amines is 1. The number of amides is 1. The van der Waals surface area contributed by atoms with E-state index in [4.69, 9.17) is 0 Å². The fourth-order valence-electron chi connectivity index (χ4n) is 5.58. The fourth-order valence-corrected chi connectivity index (χ4v) is 7.50. The lowest BCUT2D eigenvalue weighted by atomic mass is 9.86. The second-order valence-electron chi connectivity index (χ2n) is 10.6. The van der Waals surface area contributed by atoms with E-state index in [1.807, 2.05) is 40.1 Å². The van der Waals surface area contributed by atoms with Crippen LogP contribution >= 0.6 is 0 Å². The normalized spacial score (nSPS) is 24.4. The van der Waals surface area contributed by atoms with E-state index in [0.29, 0.717) is 19.0 Å². The van der Waals surface area contributed by atoms with E-state index in [1.165, 1.54) is 9.21 Å². The van der Waals surface area contributed by atoms with Crippen LogP contribution in [0.4, 0.5) is 10.6 Å². The summed E-state index contributed by atoms with van der Waals surface area (Å²) in [5, 5.41) is 10.7. The first-order valence-corrected chi connectivity index (χ1v) is 13.6. The van der Waals surface area contributed by atoms with Gasteiger partial charge in [0.25, 0.3) is 0 Å². The Labute approximate surface area is 201 Å². The third kappa shape index (κ3) is 5.00. The van der Waals surface area contributed by atoms with Gasteiger partial charge in [-0.15, -0.1) is 0 Å². The number of carbonyl (C=O) groups is 1. The second kappa shape index (κ2) is 9.33. The molecule has 0 bridgehead atoms. The Balaban J connectivity index is 1.34. The first-order valence-electron chi connectivity index (χ1n) is 12.0. The number of carboxylic acid groups (broad SMARTS) is 1. The molecule has 11 heteroatoms. The van der Waals surface area contributed by atoms with E-state index >= 15 is 0 Å². The Morgan fingerprint density at radius 2 is 1.88 bits per heavy atom. The molecule has 2 aliphatic rings. The van der Waals surface area contributed by atoms with Gasteiger partial charge in [0.05, 0.1) is 17.2 Å². The zero-order valence-electron chi connectivity index (χ0n) is 20.4. The molecule has 0 spiro atoms. The van der Waals surface area contributed by atoms with Crippen molar-refractivity contribution in [2.75, 3.05) is 30.8 Å². The van der Waals surface area contributed by atoms with Crippen molar-refractivity contribution in [1.29, 1.82) is 0 Å². The van der Waals surface area contributed by atoms with Crippen LogP contribution in [0.3, 0.4) is 0 Å². The molecule has 188 valence electrons. The van der Waals surface area contributed by atoms with Gasteiger partial charge in [0.2, 0.25) is 10.0 Å². The first kappa shape index (κ1) is 24.7. The molecule has 1 atom stereocenters. The van der Waals surface area contributed by atoms with E-state index in [1.54, 1.807) is 6.33 Å². The van der Waals surface area contributed by atoms with Gasteiger partial charge in [-0.25, -0.2) is 23.2 Å². The third-order valence-corrected chi connectivity index (χ3v) is 9.30. The van der Waals surface area contributed by atoms with Crippen molar-refractivity contribution in [2.24, 2.45) is 5.92 Å². The van der Waals surface area contributed by atoms with Crippen molar-refractivity contribution >= 4 is 33.0 Å². The summed E-state index contributed by atoms with van der Waals surface area (Å²) < 4.78 is 27.8. The molecule has 1 saturated heterocycles. The first-order chi connectivity index (χ1) is 16.0. The SMILES string of the molecule is CN(c1ncnc2[nH]ccc12)C1CCC(CS(=O)(=O)N2CC[C@H](N(C(=O)O)C(C)(C)C)C2)CC1. The van der Waals surface area contributed by atoms with Gasteiger partial charge in [-0.1, -0.05) is 0 Å². The van der Waals surface area contributed by atoms with Gasteiger partial charge in [-0.05, 0) is 64.9 Å².